The molecule has 2 aromatic rings. The highest BCUT2D eigenvalue weighted by atomic mass is 35.5. The van der Waals surface area contributed by atoms with Crippen molar-refractivity contribution in [3.05, 3.63) is 60.2 Å². The number of hydrogen-bond donors (Lipinski definition) is 2. The standard InChI is InChI=1S/C17H21NO.ClH/c1-17(2,12-19)16(18)15-10-6-9-14(11-15)13-7-4-3-5-8-13;/h3-11,16,19H,12,18H2,1-2H3;1H/t16-;/m1./s1. The Balaban J connectivity index is 0.00000200. The highest BCUT2D eigenvalue weighted by molar-refractivity contribution is 5.85. The number of aliphatic hydroxyl groups is 1. The smallest absolute Gasteiger partial charge is 0.0500 e. The molecule has 2 rings (SSSR count). The van der Waals surface area contributed by atoms with E-state index in [0.717, 1.165) is 11.1 Å². The molecule has 0 unspecified atom stereocenters. The van der Waals surface area contributed by atoms with E-state index >= 15 is 0 Å². The minimum Gasteiger partial charge on any atom is -0.396 e. The van der Waals surface area contributed by atoms with Gasteiger partial charge in [-0.2, -0.15) is 0 Å². The predicted octanol–water partition coefficient (Wildman–Crippen LogP) is 3.79. The first-order valence-corrected chi connectivity index (χ1v) is 6.56. The quantitative estimate of drug-likeness (QED) is 0.900. The summed E-state index contributed by atoms with van der Waals surface area (Å²) < 4.78 is 0. The van der Waals surface area contributed by atoms with Crippen LogP contribution in [0.2, 0.25) is 0 Å². The van der Waals surface area contributed by atoms with E-state index in [1.54, 1.807) is 0 Å². The maximum absolute atomic E-state index is 9.43. The molecule has 0 amide bonds. The average Bonchev–Trinajstić information content (AvgIpc) is 2.47. The van der Waals surface area contributed by atoms with Gasteiger partial charge in [0.25, 0.3) is 0 Å². The fourth-order valence-electron chi connectivity index (χ4n) is 2.09. The van der Waals surface area contributed by atoms with Crippen molar-refractivity contribution in [2.24, 2.45) is 11.1 Å². The summed E-state index contributed by atoms with van der Waals surface area (Å²) in [5.41, 5.74) is 9.34. The number of aliphatic hydroxyl groups excluding tert-OH is 1. The van der Waals surface area contributed by atoms with E-state index in [2.05, 4.69) is 24.3 Å². The minimum absolute atomic E-state index is 0. The van der Waals surface area contributed by atoms with Gasteiger partial charge in [-0.05, 0) is 22.8 Å². The van der Waals surface area contributed by atoms with Gasteiger partial charge in [0.15, 0.2) is 0 Å². The molecule has 2 nitrogen and oxygen atoms in total. The molecule has 0 radical (unpaired) electrons. The molecule has 3 N–H and O–H groups in total. The molecule has 0 saturated carbocycles. The molecule has 0 heterocycles. The SMILES string of the molecule is CC(C)(CO)[C@H](N)c1cccc(-c2ccccc2)c1.Cl. The molecule has 0 aliphatic carbocycles. The Morgan fingerprint density at radius 1 is 1.00 bits per heavy atom. The number of benzene rings is 2. The molecule has 0 bridgehead atoms. The van der Waals surface area contributed by atoms with E-state index in [-0.39, 0.29) is 30.5 Å². The van der Waals surface area contributed by atoms with Crippen molar-refractivity contribution in [1.29, 1.82) is 0 Å². The van der Waals surface area contributed by atoms with Gasteiger partial charge < -0.3 is 10.8 Å². The third-order valence-corrected chi connectivity index (χ3v) is 3.60. The first-order valence-electron chi connectivity index (χ1n) is 6.56. The molecule has 0 saturated heterocycles. The van der Waals surface area contributed by atoms with Crippen LogP contribution in [0.15, 0.2) is 54.6 Å². The summed E-state index contributed by atoms with van der Waals surface area (Å²) in [6.45, 7) is 4.03. The molecule has 0 aliphatic rings. The zero-order chi connectivity index (χ0) is 13.9. The minimum atomic E-state index is -0.324. The lowest BCUT2D eigenvalue weighted by molar-refractivity contribution is 0.132. The lowest BCUT2D eigenvalue weighted by Gasteiger charge is -2.30. The van der Waals surface area contributed by atoms with Crippen LogP contribution in [0.25, 0.3) is 11.1 Å². The molecule has 0 aliphatic heterocycles. The van der Waals surface area contributed by atoms with Gasteiger partial charge in [-0.15, -0.1) is 12.4 Å². The Morgan fingerprint density at radius 2 is 1.60 bits per heavy atom. The van der Waals surface area contributed by atoms with Crippen LogP contribution >= 0.6 is 12.4 Å². The van der Waals surface area contributed by atoms with E-state index in [0.29, 0.717) is 0 Å². The number of nitrogens with two attached hydrogens (primary N) is 1. The van der Waals surface area contributed by atoms with Gasteiger partial charge in [0.2, 0.25) is 0 Å². The largest absolute Gasteiger partial charge is 0.396 e. The van der Waals surface area contributed by atoms with Crippen molar-refractivity contribution >= 4 is 12.4 Å². The molecular weight excluding hydrogens is 270 g/mol. The Hall–Kier alpha value is -1.35. The van der Waals surface area contributed by atoms with Gasteiger partial charge in [0.05, 0.1) is 0 Å². The lowest BCUT2D eigenvalue weighted by atomic mass is 9.81. The van der Waals surface area contributed by atoms with E-state index in [1.807, 2.05) is 44.2 Å². The second kappa shape index (κ2) is 6.89. The summed E-state index contributed by atoms with van der Waals surface area (Å²) in [5.74, 6) is 0. The van der Waals surface area contributed by atoms with Crippen LogP contribution in [0.3, 0.4) is 0 Å². The molecule has 3 heteroatoms. The first-order chi connectivity index (χ1) is 9.04. The molecule has 0 aromatic heterocycles. The maximum Gasteiger partial charge on any atom is 0.0500 e. The third-order valence-electron chi connectivity index (χ3n) is 3.60. The first kappa shape index (κ1) is 16.7. The molecule has 0 fully saturated rings. The molecule has 2 aromatic carbocycles. The summed E-state index contributed by atoms with van der Waals surface area (Å²) in [6.07, 6.45) is 0. The summed E-state index contributed by atoms with van der Waals surface area (Å²) in [6, 6.07) is 18.3. The summed E-state index contributed by atoms with van der Waals surface area (Å²) in [5, 5.41) is 9.43. The summed E-state index contributed by atoms with van der Waals surface area (Å²) >= 11 is 0. The molecule has 0 spiro atoms. The topological polar surface area (TPSA) is 46.2 Å². The normalized spacial score (nSPS) is 12.6. The average molecular weight is 292 g/mol. The van der Waals surface area contributed by atoms with Crippen molar-refractivity contribution in [2.75, 3.05) is 6.61 Å². The van der Waals surface area contributed by atoms with Crippen molar-refractivity contribution in [3.63, 3.8) is 0 Å². The second-order valence-electron chi connectivity index (χ2n) is 5.62. The Kier molecular flexibility index (Phi) is 5.75. The molecule has 20 heavy (non-hydrogen) atoms. The summed E-state index contributed by atoms with van der Waals surface area (Å²) in [7, 11) is 0. The maximum atomic E-state index is 9.43. The van der Waals surface area contributed by atoms with Crippen molar-refractivity contribution < 1.29 is 5.11 Å². The molecule has 1 atom stereocenters. The zero-order valence-electron chi connectivity index (χ0n) is 11.9. The van der Waals surface area contributed by atoms with Crippen LogP contribution in [-0.2, 0) is 0 Å². The van der Waals surface area contributed by atoms with Crippen molar-refractivity contribution in [2.45, 2.75) is 19.9 Å². The van der Waals surface area contributed by atoms with Crippen LogP contribution in [0.4, 0.5) is 0 Å². The number of halogens is 1. The monoisotopic (exact) mass is 291 g/mol. The Morgan fingerprint density at radius 3 is 2.20 bits per heavy atom. The summed E-state index contributed by atoms with van der Waals surface area (Å²) in [4.78, 5) is 0. The van der Waals surface area contributed by atoms with Crippen LogP contribution in [0.5, 0.6) is 0 Å². The predicted molar refractivity (Wildman–Crippen MR) is 86.9 cm³/mol. The van der Waals surface area contributed by atoms with Crippen LogP contribution in [0.1, 0.15) is 25.5 Å². The Labute approximate surface area is 127 Å². The van der Waals surface area contributed by atoms with Crippen LogP contribution in [0, 0.1) is 5.41 Å². The van der Waals surface area contributed by atoms with Crippen LogP contribution < -0.4 is 5.73 Å². The van der Waals surface area contributed by atoms with Gasteiger partial charge in [0, 0.05) is 18.1 Å². The highest BCUT2D eigenvalue weighted by Crippen LogP contribution is 2.32. The van der Waals surface area contributed by atoms with Gasteiger partial charge in [-0.25, -0.2) is 0 Å². The van der Waals surface area contributed by atoms with E-state index in [9.17, 15) is 5.11 Å². The second-order valence-corrected chi connectivity index (χ2v) is 5.62. The Bertz CT molecular complexity index is 540. The van der Waals surface area contributed by atoms with E-state index in [1.165, 1.54) is 5.56 Å². The fraction of sp³-hybridized carbons (Fsp3) is 0.294. The van der Waals surface area contributed by atoms with Gasteiger partial charge in [0.1, 0.15) is 0 Å². The van der Waals surface area contributed by atoms with E-state index < -0.39 is 0 Å². The lowest BCUT2D eigenvalue weighted by Crippen LogP contribution is -2.32. The highest BCUT2D eigenvalue weighted by Gasteiger charge is 2.26. The van der Waals surface area contributed by atoms with Gasteiger partial charge in [-0.1, -0.05) is 62.4 Å². The van der Waals surface area contributed by atoms with Crippen molar-refractivity contribution in [1.82, 2.24) is 0 Å². The third kappa shape index (κ3) is 3.60. The van der Waals surface area contributed by atoms with Crippen molar-refractivity contribution in [3.8, 4) is 11.1 Å². The van der Waals surface area contributed by atoms with Gasteiger partial charge in [-0.3, -0.25) is 0 Å². The zero-order valence-corrected chi connectivity index (χ0v) is 12.7. The fourth-order valence-corrected chi connectivity index (χ4v) is 2.09. The molecular formula is C17H22ClNO. The molecule has 108 valence electrons. The number of hydrogen-bond acceptors (Lipinski definition) is 2. The van der Waals surface area contributed by atoms with Gasteiger partial charge >= 0.3 is 0 Å². The van der Waals surface area contributed by atoms with Crippen LogP contribution in [-0.4, -0.2) is 11.7 Å². The number of rotatable bonds is 4. The van der Waals surface area contributed by atoms with E-state index in [4.69, 9.17) is 5.73 Å².